The van der Waals surface area contributed by atoms with Gasteiger partial charge in [0, 0.05) is 11.1 Å². The number of halogens is 3. The molecule has 0 fully saturated rings. The van der Waals surface area contributed by atoms with E-state index in [1.54, 1.807) is 24.3 Å². The molecule has 0 unspecified atom stereocenters. The number of amides is 2. The molecule has 4 nitrogen and oxygen atoms in total. The molecule has 140 valence electrons. The topological polar surface area (TPSA) is 58.2 Å². The Bertz CT molecular complexity index is 879. The van der Waals surface area contributed by atoms with Crippen molar-refractivity contribution in [1.82, 2.24) is 10.6 Å². The molecule has 2 amide bonds. The highest BCUT2D eigenvalue weighted by Gasteiger charge is 2.30. The summed E-state index contributed by atoms with van der Waals surface area (Å²) in [6, 6.07) is 11.5. The van der Waals surface area contributed by atoms with Gasteiger partial charge in [-0.15, -0.1) is 0 Å². The fourth-order valence-corrected chi connectivity index (χ4v) is 2.09. The minimum Gasteiger partial charge on any atom is -0.344 e. The van der Waals surface area contributed by atoms with Gasteiger partial charge in [0.15, 0.2) is 0 Å². The highest BCUT2D eigenvalue weighted by molar-refractivity contribution is 5.96. The first-order valence-corrected chi connectivity index (χ1v) is 8.03. The Labute approximate surface area is 154 Å². The van der Waals surface area contributed by atoms with Crippen LogP contribution in [0.3, 0.4) is 0 Å². The molecule has 0 bridgehead atoms. The van der Waals surface area contributed by atoms with Gasteiger partial charge in [-0.1, -0.05) is 35.6 Å². The molecule has 2 rings (SSSR count). The second-order valence-corrected chi connectivity index (χ2v) is 5.71. The SMILES string of the molecule is Cc1ccc(C(=O)NCC(=O)NCC#Cc2cccc(C(F)(F)F)c2)cc1. The first-order chi connectivity index (χ1) is 12.8. The van der Waals surface area contributed by atoms with Crippen LogP contribution >= 0.6 is 0 Å². The van der Waals surface area contributed by atoms with Crippen LogP contribution in [0.1, 0.15) is 27.0 Å². The number of carbonyl (C=O) groups excluding carboxylic acids is 2. The molecule has 0 aliphatic rings. The van der Waals surface area contributed by atoms with Crippen LogP contribution in [0.4, 0.5) is 13.2 Å². The Kier molecular flexibility index (Phi) is 6.61. The lowest BCUT2D eigenvalue weighted by molar-refractivity contribution is -0.137. The largest absolute Gasteiger partial charge is 0.416 e. The Morgan fingerprint density at radius 1 is 1.04 bits per heavy atom. The molecule has 0 aliphatic carbocycles. The minimum absolute atomic E-state index is 0.0461. The normalized spacial score (nSPS) is 10.5. The predicted octanol–water partition coefficient (Wildman–Crippen LogP) is 2.91. The van der Waals surface area contributed by atoms with Crippen molar-refractivity contribution in [3.05, 3.63) is 70.8 Å². The van der Waals surface area contributed by atoms with E-state index in [1.807, 2.05) is 6.92 Å². The zero-order valence-corrected chi connectivity index (χ0v) is 14.5. The highest BCUT2D eigenvalue weighted by atomic mass is 19.4. The zero-order valence-electron chi connectivity index (χ0n) is 14.5. The third kappa shape index (κ3) is 6.51. The van der Waals surface area contributed by atoms with Crippen molar-refractivity contribution in [2.45, 2.75) is 13.1 Å². The number of benzene rings is 2. The standard InChI is InChI=1S/C20H17F3N2O2/c1-14-7-9-16(10-8-14)19(27)25-13-18(26)24-11-3-5-15-4-2-6-17(12-15)20(21,22)23/h2,4,6-10,12H,11,13H2,1H3,(H,24,26)(H,25,27). The Balaban J connectivity index is 1.79. The van der Waals surface area contributed by atoms with Crippen molar-refractivity contribution < 1.29 is 22.8 Å². The molecule has 0 aliphatic heterocycles. The van der Waals surface area contributed by atoms with Crippen LogP contribution in [-0.2, 0) is 11.0 Å². The maximum atomic E-state index is 12.6. The third-order valence-corrected chi connectivity index (χ3v) is 3.52. The first-order valence-electron chi connectivity index (χ1n) is 8.03. The van der Waals surface area contributed by atoms with Crippen molar-refractivity contribution in [3.63, 3.8) is 0 Å². The molecule has 2 N–H and O–H groups in total. The monoisotopic (exact) mass is 374 g/mol. The average Bonchev–Trinajstić information content (AvgIpc) is 2.63. The fraction of sp³-hybridized carbons (Fsp3) is 0.200. The van der Waals surface area contributed by atoms with Crippen molar-refractivity contribution in [1.29, 1.82) is 0 Å². The fourth-order valence-electron chi connectivity index (χ4n) is 2.09. The number of rotatable bonds is 4. The van der Waals surface area contributed by atoms with Gasteiger partial charge in [-0.3, -0.25) is 9.59 Å². The second-order valence-electron chi connectivity index (χ2n) is 5.71. The van der Waals surface area contributed by atoms with E-state index in [0.717, 1.165) is 17.7 Å². The maximum Gasteiger partial charge on any atom is 0.416 e. The van der Waals surface area contributed by atoms with Gasteiger partial charge in [0.2, 0.25) is 5.91 Å². The Morgan fingerprint density at radius 3 is 2.41 bits per heavy atom. The molecule has 0 radical (unpaired) electrons. The highest BCUT2D eigenvalue weighted by Crippen LogP contribution is 2.29. The molecule has 0 spiro atoms. The predicted molar refractivity (Wildman–Crippen MR) is 94.8 cm³/mol. The summed E-state index contributed by atoms with van der Waals surface area (Å²) in [4.78, 5) is 23.6. The van der Waals surface area contributed by atoms with Crippen LogP contribution in [0.25, 0.3) is 0 Å². The smallest absolute Gasteiger partial charge is 0.344 e. The van der Waals surface area contributed by atoms with Gasteiger partial charge in [-0.25, -0.2) is 0 Å². The Hall–Kier alpha value is -3.27. The van der Waals surface area contributed by atoms with E-state index in [-0.39, 0.29) is 24.6 Å². The molecule has 2 aromatic carbocycles. The van der Waals surface area contributed by atoms with Crippen LogP contribution in [0, 0.1) is 18.8 Å². The number of hydrogen-bond acceptors (Lipinski definition) is 2. The molecule has 0 heterocycles. The quantitative estimate of drug-likeness (QED) is 0.809. The number of nitrogens with one attached hydrogen (secondary N) is 2. The summed E-state index contributed by atoms with van der Waals surface area (Å²) in [6.45, 7) is 1.63. The number of aryl methyl sites for hydroxylation is 1. The molecule has 2 aromatic rings. The van der Waals surface area contributed by atoms with E-state index >= 15 is 0 Å². The van der Waals surface area contributed by atoms with Gasteiger partial charge in [0.1, 0.15) is 0 Å². The van der Waals surface area contributed by atoms with E-state index in [4.69, 9.17) is 0 Å². The van der Waals surface area contributed by atoms with E-state index in [2.05, 4.69) is 22.5 Å². The van der Waals surface area contributed by atoms with Gasteiger partial charge in [0.25, 0.3) is 5.91 Å². The van der Waals surface area contributed by atoms with Crippen LogP contribution in [-0.4, -0.2) is 24.9 Å². The molecule has 0 saturated heterocycles. The van der Waals surface area contributed by atoms with Gasteiger partial charge in [0.05, 0.1) is 18.7 Å². The summed E-state index contributed by atoms with van der Waals surface area (Å²) < 4.78 is 37.8. The molecular formula is C20H17F3N2O2. The van der Waals surface area contributed by atoms with E-state index in [9.17, 15) is 22.8 Å². The van der Waals surface area contributed by atoms with E-state index in [1.165, 1.54) is 12.1 Å². The maximum absolute atomic E-state index is 12.6. The average molecular weight is 374 g/mol. The zero-order chi connectivity index (χ0) is 19.9. The summed E-state index contributed by atoms with van der Waals surface area (Å²) in [7, 11) is 0. The second kappa shape index (κ2) is 8.90. The van der Waals surface area contributed by atoms with Crippen LogP contribution in [0.2, 0.25) is 0 Å². The lowest BCUT2D eigenvalue weighted by Crippen LogP contribution is -2.37. The van der Waals surface area contributed by atoms with Crippen LogP contribution in [0.15, 0.2) is 48.5 Å². The molecule has 27 heavy (non-hydrogen) atoms. The van der Waals surface area contributed by atoms with Crippen molar-refractivity contribution in [2.24, 2.45) is 0 Å². The molecule has 0 aromatic heterocycles. The van der Waals surface area contributed by atoms with E-state index < -0.39 is 17.6 Å². The van der Waals surface area contributed by atoms with Crippen molar-refractivity contribution in [2.75, 3.05) is 13.1 Å². The van der Waals surface area contributed by atoms with Gasteiger partial charge >= 0.3 is 6.18 Å². The third-order valence-electron chi connectivity index (χ3n) is 3.52. The molecule has 0 atom stereocenters. The van der Waals surface area contributed by atoms with Crippen molar-refractivity contribution >= 4 is 11.8 Å². The minimum atomic E-state index is -4.43. The van der Waals surface area contributed by atoms with E-state index in [0.29, 0.717) is 5.56 Å². The summed E-state index contributed by atoms with van der Waals surface area (Å²) in [6.07, 6.45) is -4.43. The van der Waals surface area contributed by atoms with Crippen LogP contribution in [0.5, 0.6) is 0 Å². The molecule has 0 saturated carbocycles. The summed E-state index contributed by atoms with van der Waals surface area (Å²) in [5, 5.41) is 4.94. The van der Waals surface area contributed by atoms with Gasteiger partial charge in [-0.05, 0) is 37.3 Å². The Morgan fingerprint density at radius 2 is 1.74 bits per heavy atom. The molecule has 7 heteroatoms. The summed E-state index contributed by atoms with van der Waals surface area (Å²) in [5.74, 6) is 4.31. The summed E-state index contributed by atoms with van der Waals surface area (Å²) in [5.41, 5.74) is 0.880. The van der Waals surface area contributed by atoms with Crippen LogP contribution < -0.4 is 10.6 Å². The molecular weight excluding hydrogens is 357 g/mol. The lowest BCUT2D eigenvalue weighted by Gasteiger charge is -2.06. The van der Waals surface area contributed by atoms with Crippen molar-refractivity contribution in [3.8, 4) is 11.8 Å². The number of carbonyl (C=O) groups is 2. The lowest BCUT2D eigenvalue weighted by atomic mass is 10.1. The summed E-state index contributed by atoms with van der Waals surface area (Å²) >= 11 is 0. The number of alkyl halides is 3. The van der Waals surface area contributed by atoms with Gasteiger partial charge in [-0.2, -0.15) is 13.2 Å². The number of hydrogen-bond donors (Lipinski definition) is 2. The van der Waals surface area contributed by atoms with Gasteiger partial charge < -0.3 is 10.6 Å². The first kappa shape index (κ1) is 20.0.